The highest BCUT2D eigenvalue weighted by Gasteiger charge is 2.38. The summed E-state index contributed by atoms with van der Waals surface area (Å²) in [6.07, 6.45) is 1.03. The molecule has 4 rings (SSSR count). The Balaban J connectivity index is 1.35. The van der Waals surface area contributed by atoms with Crippen LogP contribution in [0.2, 0.25) is 0 Å². The van der Waals surface area contributed by atoms with Gasteiger partial charge in [-0.25, -0.2) is 0 Å². The second kappa shape index (κ2) is 8.95. The minimum absolute atomic E-state index is 0.00786. The average molecular weight is 399 g/mol. The lowest BCUT2D eigenvalue weighted by Gasteiger charge is -2.25. The molecule has 0 saturated carbocycles. The lowest BCUT2D eigenvalue weighted by atomic mass is 10.1. The Labute approximate surface area is 177 Å². The predicted molar refractivity (Wildman–Crippen MR) is 116 cm³/mol. The van der Waals surface area contributed by atoms with Crippen LogP contribution in [0.1, 0.15) is 36.1 Å². The van der Waals surface area contributed by atoms with E-state index in [1.165, 1.54) is 5.56 Å². The standard InChI is InChI=1S/C26H25NO3/c1-19(22-10-6-3-7-11-22)27-18-23(17-25(27)28)26(29)30-24-14-12-21(13-15-24)16-20-8-4-2-5-9-20/h2-15,19,23H,16-18H2,1H3/t19-,23+/m1/s1. The van der Waals surface area contributed by atoms with Crippen molar-refractivity contribution in [3.63, 3.8) is 0 Å². The number of carbonyl (C=O) groups excluding carboxylic acids is 2. The van der Waals surface area contributed by atoms with E-state index in [-0.39, 0.29) is 24.3 Å². The van der Waals surface area contributed by atoms with Crippen LogP contribution >= 0.6 is 0 Å². The SMILES string of the molecule is C[C@H](c1ccccc1)N1C[C@@H](C(=O)Oc2ccc(Cc3ccccc3)cc2)CC1=O. The zero-order valence-corrected chi connectivity index (χ0v) is 17.0. The fourth-order valence-corrected chi connectivity index (χ4v) is 3.88. The molecule has 0 radical (unpaired) electrons. The Morgan fingerprint density at radius 3 is 2.20 bits per heavy atom. The van der Waals surface area contributed by atoms with Crippen molar-refractivity contribution in [1.82, 2.24) is 4.90 Å². The summed E-state index contributed by atoms with van der Waals surface area (Å²) in [6, 6.07) is 27.6. The fourth-order valence-electron chi connectivity index (χ4n) is 3.88. The van der Waals surface area contributed by atoms with Crippen LogP contribution in [0.4, 0.5) is 0 Å². The van der Waals surface area contributed by atoms with E-state index in [0.29, 0.717) is 12.3 Å². The summed E-state index contributed by atoms with van der Waals surface area (Å²) in [5.41, 5.74) is 3.45. The van der Waals surface area contributed by atoms with E-state index in [2.05, 4.69) is 12.1 Å². The molecule has 152 valence electrons. The molecule has 3 aromatic carbocycles. The maximum Gasteiger partial charge on any atom is 0.316 e. The molecule has 0 aliphatic carbocycles. The fraction of sp³-hybridized carbons (Fsp3) is 0.231. The third-order valence-corrected chi connectivity index (χ3v) is 5.63. The molecule has 0 spiro atoms. The number of rotatable bonds is 6. The molecular weight excluding hydrogens is 374 g/mol. The first-order valence-corrected chi connectivity index (χ1v) is 10.3. The Morgan fingerprint density at radius 2 is 1.53 bits per heavy atom. The molecule has 1 amide bonds. The first kappa shape index (κ1) is 19.9. The molecule has 1 heterocycles. The van der Waals surface area contributed by atoms with E-state index >= 15 is 0 Å². The van der Waals surface area contributed by atoms with Gasteiger partial charge in [0.2, 0.25) is 5.91 Å². The van der Waals surface area contributed by atoms with E-state index in [0.717, 1.165) is 17.5 Å². The molecule has 0 bridgehead atoms. The van der Waals surface area contributed by atoms with Gasteiger partial charge in [0, 0.05) is 13.0 Å². The molecule has 4 heteroatoms. The number of hydrogen-bond donors (Lipinski definition) is 0. The minimum Gasteiger partial charge on any atom is -0.426 e. The summed E-state index contributed by atoms with van der Waals surface area (Å²) >= 11 is 0. The van der Waals surface area contributed by atoms with Gasteiger partial charge in [-0.15, -0.1) is 0 Å². The number of carbonyl (C=O) groups is 2. The number of esters is 1. The van der Waals surface area contributed by atoms with Crippen LogP contribution in [0.3, 0.4) is 0 Å². The first-order chi connectivity index (χ1) is 14.6. The summed E-state index contributed by atoms with van der Waals surface area (Å²) in [7, 11) is 0. The van der Waals surface area contributed by atoms with Crippen molar-refractivity contribution in [2.75, 3.05) is 6.54 Å². The Kier molecular flexibility index (Phi) is 5.94. The number of likely N-dealkylation sites (tertiary alicyclic amines) is 1. The maximum absolute atomic E-state index is 12.6. The van der Waals surface area contributed by atoms with E-state index in [1.807, 2.05) is 79.7 Å². The Bertz CT molecular complexity index is 999. The third-order valence-electron chi connectivity index (χ3n) is 5.63. The highest BCUT2D eigenvalue weighted by molar-refractivity contribution is 5.87. The predicted octanol–water partition coefficient (Wildman–Crippen LogP) is 4.79. The summed E-state index contributed by atoms with van der Waals surface area (Å²) in [5, 5.41) is 0. The molecular formula is C26H25NO3. The van der Waals surface area contributed by atoms with Crippen LogP contribution in [-0.4, -0.2) is 23.3 Å². The number of benzene rings is 3. The number of nitrogens with zero attached hydrogens (tertiary/aromatic N) is 1. The van der Waals surface area contributed by atoms with Crippen LogP contribution < -0.4 is 4.74 Å². The van der Waals surface area contributed by atoms with Gasteiger partial charge in [-0.05, 0) is 42.2 Å². The normalized spacial score (nSPS) is 17.0. The van der Waals surface area contributed by atoms with Gasteiger partial charge < -0.3 is 9.64 Å². The van der Waals surface area contributed by atoms with Crippen molar-refractivity contribution in [2.45, 2.75) is 25.8 Å². The van der Waals surface area contributed by atoms with Crippen molar-refractivity contribution >= 4 is 11.9 Å². The topological polar surface area (TPSA) is 46.6 Å². The highest BCUT2D eigenvalue weighted by atomic mass is 16.5. The molecule has 1 aliphatic rings. The van der Waals surface area contributed by atoms with Crippen LogP contribution in [0.5, 0.6) is 5.75 Å². The molecule has 1 aliphatic heterocycles. The highest BCUT2D eigenvalue weighted by Crippen LogP contribution is 2.29. The summed E-state index contributed by atoms with van der Waals surface area (Å²) in [6.45, 7) is 2.38. The van der Waals surface area contributed by atoms with Gasteiger partial charge in [-0.1, -0.05) is 72.8 Å². The van der Waals surface area contributed by atoms with E-state index < -0.39 is 5.92 Å². The molecule has 30 heavy (non-hydrogen) atoms. The molecule has 1 saturated heterocycles. The molecule has 0 aromatic heterocycles. The van der Waals surface area contributed by atoms with Gasteiger partial charge in [-0.2, -0.15) is 0 Å². The maximum atomic E-state index is 12.6. The zero-order valence-electron chi connectivity index (χ0n) is 17.0. The lowest BCUT2D eigenvalue weighted by molar-refractivity contribution is -0.139. The molecule has 0 unspecified atom stereocenters. The second-order valence-corrected chi connectivity index (χ2v) is 7.76. The molecule has 0 N–H and O–H groups in total. The minimum atomic E-state index is -0.437. The summed E-state index contributed by atoms with van der Waals surface area (Å²) in [5.74, 6) is -0.278. The van der Waals surface area contributed by atoms with Gasteiger partial charge >= 0.3 is 5.97 Å². The van der Waals surface area contributed by atoms with Crippen molar-refractivity contribution in [2.24, 2.45) is 5.92 Å². The summed E-state index contributed by atoms with van der Waals surface area (Å²) < 4.78 is 5.57. The number of amides is 1. The smallest absolute Gasteiger partial charge is 0.316 e. The second-order valence-electron chi connectivity index (χ2n) is 7.76. The molecule has 3 aromatic rings. The molecule has 1 fully saturated rings. The van der Waals surface area contributed by atoms with Gasteiger partial charge in [0.25, 0.3) is 0 Å². The van der Waals surface area contributed by atoms with E-state index in [4.69, 9.17) is 4.74 Å². The van der Waals surface area contributed by atoms with Gasteiger partial charge in [0.1, 0.15) is 5.75 Å². The van der Waals surface area contributed by atoms with Crippen LogP contribution in [0.15, 0.2) is 84.9 Å². The Hall–Kier alpha value is -3.40. The zero-order chi connectivity index (χ0) is 20.9. The summed E-state index contributed by atoms with van der Waals surface area (Å²) in [4.78, 5) is 26.9. The monoisotopic (exact) mass is 399 g/mol. The van der Waals surface area contributed by atoms with Gasteiger partial charge in [-0.3, -0.25) is 9.59 Å². The van der Waals surface area contributed by atoms with Crippen molar-refractivity contribution < 1.29 is 14.3 Å². The van der Waals surface area contributed by atoms with Crippen LogP contribution in [0, 0.1) is 5.92 Å². The Morgan fingerprint density at radius 1 is 0.933 bits per heavy atom. The quantitative estimate of drug-likeness (QED) is 0.442. The number of ether oxygens (including phenoxy) is 1. The van der Waals surface area contributed by atoms with Gasteiger partial charge in [0.15, 0.2) is 0 Å². The largest absolute Gasteiger partial charge is 0.426 e. The molecule has 4 nitrogen and oxygen atoms in total. The third kappa shape index (κ3) is 4.60. The molecule has 2 atom stereocenters. The van der Waals surface area contributed by atoms with Gasteiger partial charge in [0.05, 0.1) is 12.0 Å². The van der Waals surface area contributed by atoms with Crippen LogP contribution in [-0.2, 0) is 16.0 Å². The first-order valence-electron chi connectivity index (χ1n) is 10.3. The average Bonchev–Trinajstić information content (AvgIpc) is 3.18. The van der Waals surface area contributed by atoms with Crippen LogP contribution in [0.25, 0.3) is 0 Å². The van der Waals surface area contributed by atoms with Crippen molar-refractivity contribution in [1.29, 1.82) is 0 Å². The van der Waals surface area contributed by atoms with Crippen molar-refractivity contribution in [3.8, 4) is 5.75 Å². The lowest BCUT2D eigenvalue weighted by Crippen LogP contribution is -2.30. The van der Waals surface area contributed by atoms with E-state index in [9.17, 15) is 9.59 Å². The van der Waals surface area contributed by atoms with E-state index in [1.54, 1.807) is 4.90 Å². The number of hydrogen-bond acceptors (Lipinski definition) is 3. The van der Waals surface area contributed by atoms with Crippen molar-refractivity contribution in [3.05, 3.63) is 102 Å².